The van der Waals surface area contributed by atoms with Crippen molar-refractivity contribution >= 4 is 29.9 Å². The minimum absolute atomic E-state index is 0.0116. The lowest BCUT2D eigenvalue weighted by atomic mass is 9.92. The van der Waals surface area contributed by atoms with Gasteiger partial charge in [-0.1, -0.05) is 12.1 Å². The van der Waals surface area contributed by atoms with Gasteiger partial charge in [0.1, 0.15) is 11.6 Å². The summed E-state index contributed by atoms with van der Waals surface area (Å²) >= 11 is 0. The van der Waals surface area contributed by atoms with Gasteiger partial charge in [0.15, 0.2) is 0 Å². The number of carbonyl (C=O) groups is 3. The summed E-state index contributed by atoms with van der Waals surface area (Å²) in [5.41, 5.74) is 0.104. The fourth-order valence-electron chi connectivity index (χ4n) is 5.51. The number of halogens is 6. The van der Waals surface area contributed by atoms with Crippen molar-refractivity contribution in [2.75, 3.05) is 49.1 Å². The highest BCUT2D eigenvalue weighted by Crippen LogP contribution is 2.33. The van der Waals surface area contributed by atoms with Crippen LogP contribution in [0.2, 0.25) is 0 Å². The van der Waals surface area contributed by atoms with Gasteiger partial charge in [-0.25, -0.2) is 9.97 Å². The summed E-state index contributed by atoms with van der Waals surface area (Å²) in [5.74, 6) is -0.977. The van der Waals surface area contributed by atoms with E-state index in [2.05, 4.69) is 20.6 Å². The monoisotopic (exact) mass is 688 g/mol. The predicted octanol–water partition coefficient (Wildman–Crippen LogP) is 5.46. The number of alkyl halides is 6. The fraction of sp³-hybridized carbons (Fsp3) is 0.594. The van der Waals surface area contributed by atoms with Crippen LogP contribution in [0.1, 0.15) is 74.7 Å². The SMILES string of the molecule is O=C(O)CCCC(=O)NCCCC1CCN(c2cc(N3CCCC3)nc(C(F)(F)F)n2)CC1.O=CNCCc1ccc(C(F)(F)F)cc1. The molecule has 2 fully saturated rings. The molecule has 3 N–H and O–H groups in total. The average Bonchev–Trinajstić information content (AvgIpc) is 3.58. The summed E-state index contributed by atoms with van der Waals surface area (Å²) in [6.07, 6.45) is -1.89. The van der Waals surface area contributed by atoms with Crippen molar-refractivity contribution in [2.24, 2.45) is 5.92 Å². The van der Waals surface area contributed by atoms with Crippen LogP contribution in [0.4, 0.5) is 38.0 Å². The third kappa shape index (κ3) is 13.2. The van der Waals surface area contributed by atoms with Crippen LogP contribution in [-0.4, -0.2) is 72.6 Å². The van der Waals surface area contributed by atoms with E-state index in [-0.39, 0.29) is 18.7 Å². The Balaban J connectivity index is 0.000000348. The van der Waals surface area contributed by atoms with Gasteiger partial charge in [-0.15, -0.1) is 0 Å². The van der Waals surface area contributed by atoms with Crippen LogP contribution < -0.4 is 20.4 Å². The Labute approximate surface area is 275 Å². The van der Waals surface area contributed by atoms with E-state index in [1.165, 1.54) is 12.1 Å². The molecule has 0 spiro atoms. The Morgan fingerprint density at radius 3 is 2.00 bits per heavy atom. The van der Waals surface area contributed by atoms with Gasteiger partial charge in [-0.2, -0.15) is 26.3 Å². The lowest BCUT2D eigenvalue weighted by Crippen LogP contribution is -2.35. The molecule has 0 bridgehead atoms. The first kappa shape index (κ1) is 38.3. The molecule has 0 radical (unpaired) electrons. The number of aliphatic carboxylic acids is 1. The topological polar surface area (TPSA) is 128 Å². The van der Waals surface area contributed by atoms with E-state index in [0.29, 0.717) is 76.1 Å². The Kier molecular flexibility index (Phi) is 14.7. The largest absolute Gasteiger partial charge is 0.481 e. The molecule has 0 atom stereocenters. The van der Waals surface area contributed by atoms with E-state index < -0.39 is 29.7 Å². The van der Waals surface area contributed by atoms with E-state index in [0.717, 1.165) is 56.2 Å². The lowest BCUT2D eigenvalue weighted by molar-refractivity contribution is -0.145. The van der Waals surface area contributed by atoms with Crippen LogP contribution in [0.25, 0.3) is 0 Å². The van der Waals surface area contributed by atoms with Gasteiger partial charge in [-0.05, 0) is 75.0 Å². The first-order valence-electron chi connectivity index (χ1n) is 16.0. The molecule has 10 nitrogen and oxygen atoms in total. The smallest absolute Gasteiger partial charge is 0.451 e. The number of hydrogen-bond acceptors (Lipinski definition) is 7. The molecule has 48 heavy (non-hydrogen) atoms. The number of aromatic nitrogens is 2. The second kappa shape index (κ2) is 18.4. The molecule has 2 saturated heterocycles. The number of hydrogen-bond donors (Lipinski definition) is 3. The zero-order chi connectivity index (χ0) is 35.2. The number of amides is 2. The molecule has 0 saturated carbocycles. The molecule has 2 aliphatic rings. The number of carboxylic acid groups (broad SMARTS) is 1. The first-order chi connectivity index (χ1) is 22.8. The second-order valence-corrected chi connectivity index (χ2v) is 11.8. The zero-order valence-corrected chi connectivity index (χ0v) is 26.6. The third-order valence-corrected chi connectivity index (χ3v) is 8.15. The molecular weight excluding hydrogens is 646 g/mol. The number of carbonyl (C=O) groups excluding carboxylic acids is 2. The number of nitrogens with zero attached hydrogens (tertiary/aromatic N) is 4. The van der Waals surface area contributed by atoms with E-state index in [9.17, 15) is 40.7 Å². The predicted molar refractivity (Wildman–Crippen MR) is 166 cm³/mol. The Bertz CT molecular complexity index is 1310. The number of rotatable bonds is 14. The van der Waals surface area contributed by atoms with Crippen LogP contribution in [0.3, 0.4) is 0 Å². The molecule has 2 amide bonds. The van der Waals surface area contributed by atoms with Gasteiger partial charge in [0, 0.05) is 58.2 Å². The number of nitrogens with one attached hydrogen (secondary N) is 2. The van der Waals surface area contributed by atoms with Crippen LogP contribution >= 0.6 is 0 Å². The highest BCUT2D eigenvalue weighted by Gasteiger charge is 2.37. The number of benzene rings is 1. The standard InChI is InChI=1S/C22H32F3N5O3.C10H10F3NO/c23-22(24,25)21-27-17(29-11-1-2-12-29)15-18(28-21)30-13-8-16(9-14-30)5-4-10-26-19(31)6-3-7-20(32)33;11-10(12,13)9-3-1-8(2-4-9)5-6-14-7-15/h15-16H,1-14H2,(H,26,31)(H,32,33);1-4,7H,5-6H2,(H,14,15). The van der Waals surface area contributed by atoms with E-state index >= 15 is 0 Å². The molecule has 1 aromatic carbocycles. The summed E-state index contributed by atoms with van der Waals surface area (Å²) in [6, 6.07) is 6.58. The first-order valence-corrected chi connectivity index (χ1v) is 16.0. The van der Waals surface area contributed by atoms with E-state index in [4.69, 9.17) is 5.11 Å². The molecule has 266 valence electrons. The highest BCUT2D eigenvalue weighted by atomic mass is 19.4. The Morgan fingerprint density at radius 2 is 1.46 bits per heavy atom. The molecule has 0 unspecified atom stereocenters. The molecule has 4 rings (SSSR count). The fourth-order valence-corrected chi connectivity index (χ4v) is 5.51. The van der Waals surface area contributed by atoms with Crippen molar-refractivity contribution in [1.82, 2.24) is 20.6 Å². The summed E-state index contributed by atoms with van der Waals surface area (Å²) in [6.45, 7) is 3.68. The van der Waals surface area contributed by atoms with Crippen molar-refractivity contribution < 1.29 is 45.8 Å². The minimum Gasteiger partial charge on any atom is -0.481 e. The molecular formula is C32H42F6N6O4. The van der Waals surface area contributed by atoms with Crippen LogP contribution in [0.15, 0.2) is 30.3 Å². The quantitative estimate of drug-likeness (QED) is 0.136. The van der Waals surface area contributed by atoms with Crippen molar-refractivity contribution in [2.45, 2.75) is 76.6 Å². The normalized spacial score (nSPS) is 15.5. The van der Waals surface area contributed by atoms with Gasteiger partial charge >= 0.3 is 18.3 Å². The van der Waals surface area contributed by atoms with Gasteiger partial charge < -0.3 is 25.5 Å². The summed E-state index contributed by atoms with van der Waals surface area (Å²) in [4.78, 5) is 43.5. The number of piperidine rings is 1. The van der Waals surface area contributed by atoms with Gasteiger partial charge in [0.2, 0.25) is 18.1 Å². The van der Waals surface area contributed by atoms with Gasteiger partial charge in [0.05, 0.1) is 5.56 Å². The van der Waals surface area contributed by atoms with Crippen LogP contribution in [0, 0.1) is 5.92 Å². The number of anilines is 2. The molecule has 1 aromatic heterocycles. The molecule has 3 heterocycles. The molecule has 16 heteroatoms. The Morgan fingerprint density at radius 1 is 0.854 bits per heavy atom. The van der Waals surface area contributed by atoms with Crippen LogP contribution in [0.5, 0.6) is 0 Å². The van der Waals surface area contributed by atoms with E-state index in [1.54, 1.807) is 6.07 Å². The summed E-state index contributed by atoms with van der Waals surface area (Å²) in [7, 11) is 0. The highest BCUT2D eigenvalue weighted by molar-refractivity contribution is 5.76. The average molecular weight is 689 g/mol. The van der Waals surface area contributed by atoms with Crippen LogP contribution in [-0.2, 0) is 33.2 Å². The minimum atomic E-state index is -4.58. The van der Waals surface area contributed by atoms with Crippen molar-refractivity contribution in [3.05, 3.63) is 47.3 Å². The van der Waals surface area contributed by atoms with Gasteiger partial charge in [0.25, 0.3) is 0 Å². The van der Waals surface area contributed by atoms with Gasteiger partial charge in [-0.3, -0.25) is 14.4 Å². The molecule has 2 aromatic rings. The molecule has 2 aliphatic heterocycles. The summed E-state index contributed by atoms with van der Waals surface area (Å²) in [5, 5.41) is 13.8. The lowest BCUT2D eigenvalue weighted by Gasteiger charge is -2.33. The summed E-state index contributed by atoms with van der Waals surface area (Å²) < 4.78 is 76.6. The second-order valence-electron chi connectivity index (χ2n) is 11.8. The van der Waals surface area contributed by atoms with Crippen molar-refractivity contribution in [1.29, 1.82) is 0 Å². The molecule has 0 aliphatic carbocycles. The van der Waals surface area contributed by atoms with Crippen molar-refractivity contribution in [3.63, 3.8) is 0 Å². The number of carboxylic acids is 1. The maximum absolute atomic E-state index is 13.4. The Hall–Kier alpha value is -4.11. The third-order valence-electron chi connectivity index (χ3n) is 8.15. The maximum Gasteiger partial charge on any atom is 0.451 e. The maximum atomic E-state index is 13.4. The zero-order valence-electron chi connectivity index (χ0n) is 26.6. The van der Waals surface area contributed by atoms with Crippen molar-refractivity contribution in [3.8, 4) is 0 Å². The van der Waals surface area contributed by atoms with E-state index in [1.807, 2.05) is 9.80 Å².